The van der Waals surface area contributed by atoms with Crippen LogP contribution in [0, 0.1) is 5.92 Å². The largest absolute Gasteiger partial charge is 0.461 e. The molecule has 0 amide bonds. The van der Waals surface area contributed by atoms with E-state index in [2.05, 4.69) is 10.3 Å². The monoisotopic (exact) mass is 266 g/mol. The molecule has 1 heterocycles. The topological polar surface area (TPSA) is 83.0 Å². The first kappa shape index (κ1) is 14.0. The average molecular weight is 266 g/mol. The Labute approximate surface area is 113 Å². The van der Waals surface area contributed by atoms with Crippen LogP contribution in [0.5, 0.6) is 0 Å². The van der Waals surface area contributed by atoms with Gasteiger partial charge in [0.25, 0.3) is 0 Å². The predicted octanol–water partition coefficient (Wildman–Crippen LogP) is 1.49. The number of nitrogens with two attached hydrogens (primary N) is 1. The van der Waals surface area contributed by atoms with Gasteiger partial charge in [-0.1, -0.05) is 30.9 Å². The molecule has 0 atom stereocenters. The van der Waals surface area contributed by atoms with Gasteiger partial charge in [-0.3, -0.25) is 0 Å². The quantitative estimate of drug-likeness (QED) is 0.789. The maximum atomic E-state index is 11.7. The fourth-order valence-electron chi connectivity index (χ4n) is 2.68. The minimum Gasteiger partial charge on any atom is -0.461 e. The molecule has 0 saturated heterocycles. The summed E-state index contributed by atoms with van der Waals surface area (Å²) in [5, 5.41) is 7.95. The zero-order valence-electron chi connectivity index (χ0n) is 11.5. The maximum absolute atomic E-state index is 11.7. The Morgan fingerprint density at radius 1 is 1.47 bits per heavy atom. The van der Waals surface area contributed by atoms with Crippen LogP contribution in [-0.4, -0.2) is 27.6 Å². The van der Waals surface area contributed by atoms with Crippen molar-refractivity contribution in [1.82, 2.24) is 15.0 Å². The van der Waals surface area contributed by atoms with E-state index in [1.54, 1.807) is 11.6 Å². The Hall–Kier alpha value is -1.43. The number of ether oxygens (including phenoxy) is 1. The van der Waals surface area contributed by atoms with E-state index in [0.717, 1.165) is 18.9 Å². The molecule has 6 heteroatoms. The van der Waals surface area contributed by atoms with E-state index in [0.29, 0.717) is 12.3 Å². The van der Waals surface area contributed by atoms with Crippen LogP contribution in [0.3, 0.4) is 0 Å². The summed E-state index contributed by atoms with van der Waals surface area (Å²) < 4.78 is 6.71. The summed E-state index contributed by atoms with van der Waals surface area (Å²) in [6.45, 7) is 3.14. The van der Waals surface area contributed by atoms with E-state index >= 15 is 0 Å². The van der Waals surface area contributed by atoms with Crippen molar-refractivity contribution in [2.75, 3.05) is 6.61 Å². The van der Waals surface area contributed by atoms with Gasteiger partial charge < -0.3 is 10.5 Å². The third-order valence-corrected chi connectivity index (χ3v) is 3.72. The van der Waals surface area contributed by atoms with Crippen molar-refractivity contribution in [1.29, 1.82) is 0 Å². The number of aromatic nitrogens is 3. The second kappa shape index (κ2) is 6.65. The van der Waals surface area contributed by atoms with E-state index in [1.807, 2.05) is 0 Å². The van der Waals surface area contributed by atoms with Crippen molar-refractivity contribution in [3.63, 3.8) is 0 Å². The Bertz CT molecular complexity index is 424. The molecular formula is C13H22N4O2. The summed E-state index contributed by atoms with van der Waals surface area (Å²) in [6, 6.07) is 0. The van der Waals surface area contributed by atoms with Gasteiger partial charge in [0, 0.05) is 13.1 Å². The molecule has 1 aliphatic rings. The third-order valence-electron chi connectivity index (χ3n) is 3.72. The van der Waals surface area contributed by atoms with Crippen LogP contribution in [0.4, 0.5) is 0 Å². The molecule has 1 aromatic heterocycles. The molecule has 1 aliphatic carbocycles. The van der Waals surface area contributed by atoms with Crippen molar-refractivity contribution in [2.24, 2.45) is 11.7 Å². The molecule has 1 aromatic rings. The highest BCUT2D eigenvalue weighted by molar-refractivity contribution is 5.88. The molecule has 0 radical (unpaired) electrons. The van der Waals surface area contributed by atoms with Crippen LogP contribution in [0.25, 0.3) is 0 Å². The van der Waals surface area contributed by atoms with Crippen LogP contribution in [-0.2, 0) is 17.8 Å². The zero-order valence-corrected chi connectivity index (χ0v) is 11.5. The van der Waals surface area contributed by atoms with Gasteiger partial charge in [0.1, 0.15) is 0 Å². The van der Waals surface area contributed by atoms with Gasteiger partial charge in [-0.15, -0.1) is 5.10 Å². The predicted molar refractivity (Wildman–Crippen MR) is 70.4 cm³/mol. The van der Waals surface area contributed by atoms with Crippen LogP contribution >= 0.6 is 0 Å². The summed E-state index contributed by atoms with van der Waals surface area (Å²) in [7, 11) is 0. The molecule has 0 unspecified atom stereocenters. The van der Waals surface area contributed by atoms with Crippen molar-refractivity contribution in [3.05, 3.63) is 11.4 Å². The number of hydrogen-bond acceptors (Lipinski definition) is 5. The first-order valence-corrected chi connectivity index (χ1v) is 7.05. The lowest BCUT2D eigenvalue weighted by molar-refractivity contribution is 0.0518. The van der Waals surface area contributed by atoms with Crippen LogP contribution in [0.2, 0.25) is 0 Å². The molecule has 0 bridgehead atoms. The van der Waals surface area contributed by atoms with Crippen LogP contribution in [0.15, 0.2) is 0 Å². The Morgan fingerprint density at radius 3 is 2.84 bits per heavy atom. The van der Waals surface area contributed by atoms with Crippen LogP contribution in [0.1, 0.15) is 55.2 Å². The number of hydrogen-bond donors (Lipinski definition) is 1. The third kappa shape index (κ3) is 3.32. The van der Waals surface area contributed by atoms with Crippen molar-refractivity contribution < 1.29 is 9.53 Å². The van der Waals surface area contributed by atoms with E-state index in [4.69, 9.17) is 10.5 Å². The summed E-state index contributed by atoms with van der Waals surface area (Å²) in [5.41, 5.74) is 6.64. The number of carbonyl (C=O) groups is 1. The molecule has 0 spiro atoms. The SMILES string of the molecule is CCOC(=O)c1nnn(CCC2CCCC2)c1CN. The molecule has 0 aromatic carbocycles. The fourth-order valence-corrected chi connectivity index (χ4v) is 2.68. The first-order valence-electron chi connectivity index (χ1n) is 7.05. The average Bonchev–Trinajstić information content (AvgIpc) is 3.05. The maximum Gasteiger partial charge on any atom is 0.360 e. The number of rotatable bonds is 6. The van der Waals surface area contributed by atoms with Gasteiger partial charge >= 0.3 is 5.97 Å². The summed E-state index contributed by atoms with van der Waals surface area (Å²) >= 11 is 0. The van der Waals surface area contributed by atoms with Gasteiger partial charge in [0.2, 0.25) is 0 Å². The van der Waals surface area contributed by atoms with Gasteiger partial charge in [-0.2, -0.15) is 0 Å². The minimum atomic E-state index is -0.435. The highest BCUT2D eigenvalue weighted by atomic mass is 16.5. The molecule has 6 nitrogen and oxygen atoms in total. The fraction of sp³-hybridized carbons (Fsp3) is 0.769. The lowest BCUT2D eigenvalue weighted by Gasteiger charge is -2.10. The molecule has 19 heavy (non-hydrogen) atoms. The second-order valence-electron chi connectivity index (χ2n) is 4.97. The Balaban J connectivity index is 2.01. The lowest BCUT2D eigenvalue weighted by atomic mass is 10.0. The molecule has 1 fully saturated rings. The van der Waals surface area contributed by atoms with E-state index < -0.39 is 5.97 Å². The van der Waals surface area contributed by atoms with Gasteiger partial charge in [0.15, 0.2) is 5.69 Å². The normalized spacial score (nSPS) is 15.9. The van der Waals surface area contributed by atoms with E-state index in [9.17, 15) is 4.79 Å². The highest BCUT2D eigenvalue weighted by Gasteiger charge is 2.21. The smallest absolute Gasteiger partial charge is 0.360 e. The highest BCUT2D eigenvalue weighted by Crippen LogP contribution is 2.28. The van der Waals surface area contributed by atoms with Gasteiger partial charge in [0.05, 0.1) is 12.3 Å². The van der Waals surface area contributed by atoms with Crippen molar-refractivity contribution in [3.8, 4) is 0 Å². The second-order valence-corrected chi connectivity index (χ2v) is 4.97. The number of aryl methyl sites for hydroxylation is 1. The molecular weight excluding hydrogens is 244 g/mol. The summed E-state index contributed by atoms with van der Waals surface area (Å²) in [5.74, 6) is 0.343. The number of nitrogens with zero attached hydrogens (tertiary/aromatic N) is 3. The van der Waals surface area contributed by atoms with E-state index in [1.165, 1.54) is 25.7 Å². The standard InChI is InChI=1S/C13H22N4O2/c1-2-19-13(18)12-11(9-14)17(16-15-12)8-7-10-5-3-4-6-10/h10H,2-9,14H2,1H3. The minimum absolute atomic E-state index is 0.256. The lowest BCUT2D eigenvalue weighted by Crippen LogP contribution is -2.15. The van der Waals surface area contributed by atoms with E-state index in [-0.39, 0.29) is 12.2 Å². The Kier molecular flexibility index (Phi) is 4.90. The van der Waals surface area contributed by atoms with Gasteiger partial charge in [-0.25, -0.2) is 9.48 Å². The van der Waals surface area contributed by atoms with Gasteiger partial charge in [-0.05, 0) is 19.3 Å². The van der Waals surface area contributed by atoms with Crippen molar-refractivity contribution >= 4 is 5.97 Å². The number of carbonyl (C=O) groups excluding carboxylic acids is 1. The summed E-state index contributed by atoms with van der Waals surface area (Å²) in [6.07, 6.45) is 6.35. The zero-order chi connectivity index (χ0) is 13.7. The van der Waals surface area contributed by atoms with Crippen molar-refractivity contribution in [2.45, 2.75) is 52.1 Å². The first-order chi connectivity index (χ1) is 9.26. The molecule has 2 N–H and O–H groups in total. The molecule has 2 rings (SSSR count). The molecule has 0 aliphatic heterocycles. The number of esters is 1. The summed E-state index contributed by atoms with van der Waals surface area (Å²) in [4.78, 5) is 11.7. The van der Waals surface area contributed by atoms with Crippen LogP contribution < -0.4 is 5.73 Å². The Morgan fingerprint density at radius 2 is 2.21 bits per heavy atom. The molecule has 106 valence electrons. The molecule has 1 saturated carbocycles.